The summed E-state index contributed by atoms with van der Waals surface area (Å²) in [7, 11) is 0. The minimum Gasteiger partial charge on any atom is -0.488 e. The van der Waals surface area contributed by atoms with Crippen LogP contribution in [0.15, 0.2) is 42.6 Å². The average Bonchev–Trinajstić information content (AvgIpc) is 2.96. The standard InChI is InChI=1S/C24H23FN6O2/c1-14-19(31-10-5-8-17(21(26)32)24(31)28-14)22-29-18-9-2-3-11-33-20(18)23(30-22)27-13-15-6-4-7-16(25)12-15/h4-8,10,12H,2-3,9,11,13H2,1H3,(H2,26,32)(H,27,29,30). The van der Waals surface area contributed by atoms with Gasteiger partial charge in [0.15, 0.2) is 17.4 Å². The molecule has 0 saturated heterocycles. The molecule has 0 fully saturated rings. The van der Waals surface area contributed by atoms with Gasteiger partial charge in [-0.15, -0.1) is 0 Å². The zero-order valence-electron chi connectivity index (χ0n) is 18.1. The van der Waals surface area contributed by atoms with Crippen molar-refractivity contribution in [3.8, 4) is 17.3 Å². The largest absolute Gasteiger partial charge is 0.488 e. The summed E-state index contributed by atoms with van der Waals surface area (Å²) in [6, 6.07) is 9.80. The van der Waals surface area contributed by atoms with E-state index < -0.39 is 5.91 Å². The lowest BCUT2D eigenvalue weighted by Crippen LogP contribution is -2.13. The highest BCUT2D eigenvalue weighted by atomic mass is 19.1. The van der Waals surface area contributed by atoms with E-state index in [1.165, 1.54) is 12.1 Å². The number of imidazole rings is 1. The molecule has 0 unspecified atom stereocenters. The number of ether oxygens (including phenoxy) is 1. The summed E-state index contributed by atoms with van der Waals surface area (Å²) in [5.41, 5.74) is 9.27. The van der Waals surface area contributed by atoms with Gasteiger partial charge in [0, 0.05) is 12.7 Å². The SMILES string of the molecule is Cc1nc2c(C(N)=O)cccn2c1-c1nc2c(c(NCc3cccc(F)c3)n1)OCCCC2. The number of pyridine rings is 1. The van der Waals surface area contributed by atoms with Crippen LogP contribution in [0.3, 0.4) is 0 Å². The number of nitrogens with one attached hydrogen (secondary N) is 1. The van der Waals surface area contributed by atoms with Crippen molar-refractivity contribution in [2.45, 2.75) is 32.7 Å². The molecule has 1 aromatic carbocycles. The molecule has 0 atom stereocenters. The Kier molecular flexibility index (Phi) is 5.37. The second kappa shape index (κ2) is 8.50. The first kappa shape index (κ1) is 20.9. The molecule has 0 spiro atoms. The zero-order valence-corrected chi connectivity index (χ0v) is 18.1. The fourth-order valence-electron chi connectivity index (χ4n) is 4.09. The van der Waals surface area contributed by atoms with Gasteiger partial charge < -0.3 is 15.8 Å². The lowest BCUT2D eigenvalue weighted by atomic mass is 10.2. The van der Waals surface area contributed by atoms with Gasteiger partial charge in [-0.2, -0.15) is 0 Å². The molecule has 168 valence electrons. The second-order valence-corrected chi connectivity index (χ2v) is 7.99. The molecule has 0 bridgehead atoms. The monoisotopic (exact) mass is 446 g/mol. The maximum atomic E-state index is 13.6. The summed E-state index contributed by atoms with van der Waals surface area (Å²) in [4.78, 5) is 26.0. The topological polar surface area (TPSA) is 107 Å². The molecule has 8 nitrogen and oxygen atoms in total. The van der Waals surface area contributed by atoms with Gasteiger partial charge in [-0.1, -0.05) is 12.1 Å². The number of anilines is 1. The van der Waals surface area contributed by atoms with Gasteiger partial charge in [-0.3, -0.25) is 9.20 Å². The Morgan fingerprint density at radius 3 is 2.91 bits per heavy atom. The Hall–Kier alpha value is -4.01. The molecule has 4 heterocycles. The van der Waals surface area contributed by atoms with Crippen molar-refractivity contribution >= 4 is 17.4 Å². The average molecular weight is 446 g/mol. The Labute approximate surface area is 189 Å². The Balaban J connectivity index is 1.62. The van der Waals surface area contributed by atoms with Gasteiger partial charge in [0.2, 0.25) is 0 Å². The number of hydrogen-bond acceptors (Lipinski definition) is 6. The highest BCUT2D eigenvalue weighted by molar-refractivity contribution is 5.99. The molecular formula is C24H23FN6O2. The van der Waals surface area contributed by atoms with E-state index in [-0.39, 0.29) is 5.82 Å². The van der Waals surface area contributed by atoms with Gasteiger partial charge in [-0.25, -0.2) is 19.3 Å². The molecule has 1 aliphatic rings. The van der Waals surface area contributed by atoms with Gasteiger partial charge in [0.05, 0.1) is 23.6 Å². The zero-order chi connectivity index (χ0) is 22.9. The minimum absolute atomic E-state index is 0.292. The van der Waals surface area contributed by atoms with Crippen molar-refractivity contribution in [1.82, 2.24) is 19.4 Å². The highest BCUT2D eigenvalue weighted by Crippen LogP contribution is 2.34. The van der Waals surface area contributed by atoms with Gasteiger partial charge in [0.25, 0.3) is 5.91 Å². The lowest BCUT2D eigenvalue weighted by Gasteiger charge is -2.15. The number of aryl methyl sites for hydroxylation is 2. The van der Waals surface area contributed by atoms with Crippen LogP contribution < -0.4 is 15.8 Å². The van der Waals surface area contributed by atoms with Crippen LogP contribution >= 0.6 is 0 Å². The van der Waals surface area contributed by atoms with Crippen molar-refractivity contribution in [2.75, 3.05) is 11.9 Å². The maximum absolute atomic E-state index is 13.6. The molecular weight excluding hydrogens is 423 g/mol. The van der Waals surface area contributed by atoms with E-state index in [1.807, 2.05) is 19.2 Å². The molecule has 0 aliphatic carbocycles. The fraction of sp³-hybridized carbons (Fsp3) is 0.250. The Bertz CT molecular complexity index is 1370. The number of nitrogens with zero attached hydrogens (tertiary/aromatic N) is 4. The van der Waals surface area contributed by atoms with Crippen LogP contribution in [-0.4, -0.2) is 31.9 Å². The van der Waals surface area contributed by atoms with Gasteiger partial charge in [-0.05, 0) is 56.0 Å². The van der Waals surface area contributed by atoms with Crippen LogP contribution in [0, 0.1) is 12.7 Å². The van der Waals surface area contributed by atoms with E-state index in [2.05, 4.69) is 10.3 Å². The van der Waals surface area contributed by atoms with E-state index >= 15 is 0 Å². The number of primary amides is 1. The summed E-state index contributed by atoms with van der Waals surface area (Å²) in [6.07, 6.45) is 4.43. The number of carbonyl (C=O) groups excluding carboxylic acids is 1. The quantitative estimate of drug-likeness (QED) is 0.484. The first-order chi connectivity index (χ1) is 16.0. The van der Waals surface area contributed by atoms with Crippen LogP contribution in [0.5, 0.6) is 5.75 Å². The summed E-state index contributed by atoms with van der Waals surface area (Å²) in [5.74, 6) is 0.788. The van der Waals surface area contributed by atoms with Crippen LogP contribution in [0.4, 0.5) is 10.2 Å². The van der Waals surface area contributed by atoms with Crippen LogP contribution in [-0.2, 0) is 13.0 Å². The van der Waals surface area contributed by atoms with Crippen LogP contribution in [0.2, 0.25) is 0 Å². The normalized spacial score (nSPS) is 13.3. The number of aromatic nitrogens is 4. The van der Waals surface area contributed by atoms with E-state index in [0.29, 0.717) is 53.1 Å². The molecule has 3 aromatic heterocycles. The third-order valence-electron chi connectivity index (χ3n) is 5.64. The minimum atomic E-state index is -0.550. The fourth-order valence-corrected chi connectivity index (χ4v) is 4.09. The molecule has 1 amide bonds. The van der Waals surface area contributed by atoms with E-state index in [0.717, 1.165) is 30.5 Å². The number of halogens is 1. The van der Waals surface area contributed by atoms with E-state index in [1.54, 1.807) is 22.6 Å². The molecule has 0 radical (unpaired) electrons. The van der Waals surface area contributed by atoms with Crippen molar-refractivity contribution in [1.29, 1.82) is 0 Å². The first-order valence-electron chi connectivity index (χ1n) is 10.8. The highest BCUT2D eigenvalue weighted by Gasteiger charge is 2.23. The third-order valence-corrected chi connectivity index (χ3v) is 5.64. The van der Waals surface area contributed by atoms with E-state index in [4.69, 9.17) is 20.4 Å². The van der Waals surface area contributed by atoms with Crippen LogP contribution in [0.25, 0.3) is 17.2 Å². The predicted molar refractivity (Wildman–Crippen MR) is 122 cm³/mol. The number of nitrogens with two attached hydrogens (primary N) is 1. The Morgan fingerprint density at radius 2 is 2.09 bits per heavy atom. The van der Waals surface area contributed by atoms with E-state index in [9.17, 15) is 9.18 Å². The van der Waals surface area contributed by atoms with Gasteiger partial charge in [0.1, 0.15) is 17.2 Å². The summed E-state index contributed by atoms with van der Waals surface area (Å²) < 4.78 is 21.4. The summed E-state index contributed by atoms with van der Waals surface area (Å²) in [5, 5.41) is 3.30. The van der Waals surface area contributed by atoms with Crippen molar-refractivity contribution < 1.29 is 13.9 Å². The summed E-state index contributed by atoms with van der Waals surface area (Å²) >= 11 is 0. The summed E-state index contributed by atoms with van der Waals surface area (Å²) in [6.45, 7) is 2.81. The number of rotatable bonds is 5. The molecule has 5 rings (SSSR count). The number of fused-ring (bicyclic) bond motifs is 2. The molecule has 9 heteroatoms. The molecule has 1 aliphatic heterocycles. The second-order valence-electron chi connectivity index (χ2n) is 7.99. The van der Waals surface area contributed by atoms with Crippen molar-refractivity contribution in [2.24, 2.45) is 5.73 Å². The maximum Gasteiger partial charge on any atom is 0.252 e. The molecule has 33 heavy (non-hydrogen) atoms. The number of carbonyl (C=O) groups is 1. The molecule has 3 N–H and O–H groups in total. The lowest BCUT2D eigenvalue weighted by molar-refractivity contribution is 0.100. The van der Waals surface area contributed by atoms with Gasteiger partial charge >= 0.3 is 0 Å². The number of amides is 1. The Morgan fingerprint density at radius 1 is 1.21 bits per heavy atom. The van der Waals surface area contributed by atoms with Crippen LogP contribution in [0.1, 0.15) is 40.2 Å². The number of hydrogen-bond donors (Lipinski definition) is 2. The molecule has 4 aromatic rings. The van der Waals surface area contributed by atoms with Crippen molar-refractivity contribution in [3.05, 3.63) is 70.9 Å². The smallest absolute Gasteiger partial charge is 0.252 e. The third kappa shape index (κ3) is 3.97. The molecule has 0 saturated carbocycles. The predicted octanol–water partition coefficient (Wildman–Crippen LogP) is 3.66. The first-order valence-corrected chi connectivity index (χ1v) is 10.8. The number of benzene rings is 1. The van der Waals surface area contributed by atoms with Crippen molar-refractivity contribution in [3.63, 3.8) is 0 Å².